The maximum Gasteiger partial charge on any atom is 0.333 e. The van der Waals surface area contributed by atoms with Crippen LogP contribution in [0, 0.1) is 0 Å². The van der Waals surface area contributed by atoms with Gasteiger partial charge in [-0.25, -0.2) is 14.4 Å². The average molecular weight is 423 g/mol. The smallest absolute Gasteiger partial charge is 0.333 e. The first-order valence-corrected chi connectivity index (χ1v) is 10.1. The Labute approximate surface area is 177 Å². The van der Waals surface area contributed by atoms with Crippen LogP contribution in [-0.4, -0.2) is 46.7 Å². The summed E-state index contributed by atoms with van der Waals surface area (Å²) in [5.41, 5.74) is 1.77. The van der Waals surface area contributed by atoms with Crippen molar-refractivity contribution in [1.29, 1.82) is 0 Å². The highest BCUT2D eigenvalue weighted by atomic mass is 16.7. The number of H-pyrrole nitrogens is 1. The third-order valence-corrected chi connectivity index (χ3v) is 5.62. The number of hydrogen-bond acceptors (Lipinski definition) is 7. The van der Waals surface area contributed by atoms with E-state index in [0.717, 1.165) is 24.3 Å². The Bertz CT molecular complexity index is 1130. The lowest BCUT2D eigenvalue weighted by Crippen LogP contribution is -2.66. The first-order valence-electron chi connectivity index (χ1n) is 10.1. The van der Waals surface area contributed by atoms with E-state index in [4.69, 9.17) is 14.2 Å². The van der Waals surface area contributed by atoms with E-state index < -0.39 is 30.0 Å². The van der Waals surface area contributed by atoms with Crippen molar-refractivity contribution in [3.8, 4) is 0 Å². The number of ether oxygens (including phenoxy) is 3. The van der Waals surface area contributed by atoms with E-state index in [9.17, 15) is 14.4 Å². The van der Waals surface area contributed by atoms with Crippen LogP contribution in [0.1, 0.15) is 29.4 Å². The van der Waals surface area contributed by atoms with Gasteiger partial charge in [0.05, 0.1) is 12.3 Å². The molecule has 0 saturated carbocycles. The van der Waals surface area contributed by atoms with E-state index in [1.54, 1.807) is 4.57 Å². The number of carbonyl (C=O) groups excluding carboxylic acids is 2. The van der Waals surface area contributed by atoms with Crippen LogP contribution in [0.5, 0.6) is 0 Å². The summed E-state index contributed by atoms with van der Waals surface area (Å²) in [5.74, 6) is -3.26. The van der Waals surface area contributed by atoms with E-state index in [2.05, 4.69) is 10.3 Å². The van der Waals surface area contributed by atoms with Crippen molar-refractivity contribution < 1.29 is 23.8 Å². The highest BCUT2D eigenvalue weighted by molar-refractivity contribution is 5.92. The fraction of sp³-hybridized carbons (Fsp3) is 0.318. The Morgan fingerprint density at radius 3 is 2.71 bits per heavy atom. The molecule has 9 nitrogen and oxygen atoms in total. The number of esters is 2. The molecule has 9 heteroatoms. The molecule has 0 spiro atoms. The second kappa shape index (κ2) is 7.68. The molecule has 5 rings (SSSR count). The van der Waals surface area contributed by atoms with Gasteiger partial charge in [0.25, 0.3) is 5.79 Å². The maximum absolute atomic E-state index is 13.2. The molecule has 160 valence electrons. The van der Waals surface area contributed by atoms with Crippen molar-refractivity contribution in [2.45, 2.75) is 30.9 Å². The number of nitrogens with zero attached hydrogens (tertiary/aromatic N) is 1. The summed E-state index contributed by atoms with van der Waals surface area (Å²) in [7, 11) is 0. The molecule has 2 N–H and O–H groups in total. The van der Waals surface area contributed by atoms with Crippen LogP contribution < -0.4 is 11.0 Å². The summed E-state index contributed by atoms with van der Waals surface area (Å²) >= 11 is 0. The number of aromatic amines is 1. The topological polar surface area (TPSA) is 112 Å². The Hall–Kier alpha value is -3.43. The van der Waals surface area contributed by atoms with Gasteiger partial charge >= 0.3 is 17.6 Å². The van der Waals surface area contributed by atoms with Crippen LogP contribution in [0.25, 0.3) is 6.08 Å². The first kappa shape index (κ1) is 19.5. The summed E-state index contributed by atoms with van der Waals surface area (Å²) in [4.78, 5) is 40.9. The van der Waals surface area contributed by atoms with Crippen LogP contribution in [0.15, 0.2) is 53.4 Å². The molecular weight excluding hydrogens is 402 g/mol. The van der Waals surface area contributed by atoms with Gasteiger partial charge in [0, 0.05) is 24.4 Å². The lowest BCUT2D eigenvalue weighted by Gasteiger charge is -2.47. The van der Waals surface area contributed by atoms with Gasteiger partial charge < -0.3 is 19.2 Å². The molecule has 2 aliphatic heterocycles. The van der Waals surface area contributed by atoms with Crippen molar-refractivity contribution in [1.82, 2.24) is 14.9 Å². The first-order chi connectivity index (χ1) is 15.1. The van der Waals surface area contributed by atoms with Crippen molar-refractivity contribution in [3.63, 3.8) is 0 Å². The third kappa shape index (κ3) is 3.31. The molecule has 31 heavy (non-hydrogen) atoms. The molecule has 3 unspecified atom stereocenters. The van der Waals surface area contributed by atoms with Gasteiger partial charge in [0.1, 0.15) is 6.04 Å². The zero-order valence-corrected chi connectivity index (χ0v) is 16.6. The van der Waals surface area contributed by atoms with Crippen LogP contribution in [0.2, 0.25) is 0 Å². The SMILES string of the molecule is O=C1/C=C\C(=O)OC2(C(c3ccccc3)n3c4c([nH]c3=O)C=CCC4)OCCNC2O1. The van der Waals surface area contributed by atoms with Crippen molar-refractivity contribution in [3.05, 3.63) is 76.0 Å². The summed E-state index contributed by atoms with van der Waals surface area (Å²) in [5, 5.41) is 3.07. The van der Waals surface area contributed by atoms with E-state index in [1.807, 2.05) is 42.5 Å². The third-order valence-electron chi connectivity index (χ3n) is 5.62. The number of morpholine rings is 1. The number of nitrogens with one attached hydrogen (secondary N) is 2. The number of benzene rings is 1. The van der Waals surface area contributed by atoms with Crippen LogP contribution in [0.4, 0.5) is 0 Å². The van der Waals surface area contributed by atoms with Crippen molar-refractivity contribution in [2.24, 2.45) is 0 Å². The van der Waals surface area contributed by atoms with Crippen LogP contribution >= 0.6 is 0 Å². The van der Waals surface area contributed by atoms with Gasteiger partial charge in [0.15, 0.2) is 0 Å². The number of fused-ring (bicyclic) bond motifs is 2. The highest BCUT2D eigenvalue weighted by Gasteiger charge is 2.57. The molecule has 1 saturated heterocycles. The normalized spacial score (nSPS) is 27.2. The van der Waals surface area contributed by atoms with Gasteiger partial charge in [0.2, 0.25) is 6.23 Å². The zero-order chi connectivity index (χ0) is 21.4. The largest absolute Gasteiger partial charge is 0.436 e. The second-order valence-corrected chi connectivity index (χ2v) is 7.51. The lowest BCUT2D eigenvalue weighted by atomic mass is 9.93. The molecule has 3 atom stereocenters. The van der Waals surface area contributed by atoms with Crippen LogP contribution in [-0.2, 0) is 30.2 Å². The standard InChI is InChI=1S/C22H21N3O6/c26-17-10-11-18(27)31-22(20(30-17)23-12-13-29-22)19(14-6-2-1-3-7-14)25-16-9-5-4-8-15(16)24-21(25)28/h1-4,6-8,10-11,19-20,23H,5,9,12-13H2,(H,24,28)/b11-10-. The molecule has 1 fully saturated rings. The van der Waals surface area contributed by atoms with Gasteiger partial charge in [-0.15, -0.1) is 0 Å². The van der Waals surface area contributed by atoms with Gasteiger partial charge in [-0.05, 0) is 24.5 Å². The average Bonchev–Trinajstić information content (AvgIpc) is 3.10. The van der Waals surface area contributed by atoms with Gasteiger partial charge in [-0.3, -0.25) is 9.88 Å². The molecule has 1 aromatic carbocycles. The minimum atomic E-state index is -1.79. The van der Waals surface area contributed by atoms with E-state index in [0.29, 0.717) is 24.2 Å². The van der Waals surface area contributed by atoms with Crippen molar-refractivity contribution in [2.75, 3.05) is 13.2 Å². The quantitative estimate of drug-likeness (QED) is 0.709. The number of aromatic nitrogens is 2. The molecular formula is C22H21N3O6. The number of rotatable bonds is 3. The Morgan fingerprint density at radius 1 is 1.06 bits per heavy atom. The molecule has 3 heterocycles. The van der Waals surface area contributed by atoms with Crippen molar-refractivity contribution >= 4 is 18.0 Å². The van der Waals surface area contributed by atoms with E-state index >= 15 is 0 Å². The monoisotopic (exact) mass is 423 g/mol. The highest BCUT2D eigenvalue weighted by Crippen LogP contribution is 2.40. The molecule has 0 amide bonds. The molecule has 0 radical (unpaired) electrons. The summed E-state index contributed by atoms with van der Waals surface area (Å²) in [6.07, 6.45) is 6.12. The van der Waals surface area contributed by atoms with Crippen LogP contribution in [0.3, 0.4) is 0 Å². The Morgan fingerprint density at radius 2 is 1.87 bits per heavy atom. The number of imidazole rings is 1. The minimum absolute atomic E-state index is 0.190. The summed E-state index contributed by atoms with van der Waals surface area (Å²) in [6, 6.07) is 8.23. The Balaban J connectivity index is 1.77. The fourth-order valence-electron chi connectivity index (χ4n) is 4.37. The number of carbonyl (C=O) groups is 2. The molecule has 1 aromatic heterocycles. The number of hydrogen-bond donors (Lipinski definition) is 2. The minimum Gasteiger partial charge on any atom is -0.436 e. The van der Waals surface area contributed by atoms with E-state index in [1.165, 1.54) is 0 Å². The molecule has 1 aliphatic carbocycles. The molecule has 3 aliphatic rings. The lowest BCUT2D eigenvalue weighted by molar-refractivity contribution is -0.307. The molecule has 2 aromatic rings. The predicted octanol–water partition coefficient (Wildman–Crippen LogP) is 1.02. The summed E-state index contributed by atoms with van der Waals surface area (Å²) in [6.45, 7) is 0.570. The maximum atomic E-state index is 13.2. The predicted molar refractivity (Wildman–Crippen MR) is 109 cm³/mol. The number of allylic oxidation sites excluding steroid dienone is 1. The van der Waals surface area contributed by atoms with E-state index in [-0.39, 0.29) is 12.3 Å². The summed E-state index contributed by atoms with van der Waals surface area (Å²) < 4.78 is 19.0. The molecule has 0 bridgehead atoms. The van der Waals surface area contributed by atoms with Gasteiger partial charge in [-0.1, -0.05) is 36.4 Å². The second-order valence-electron chi connectivity index (χ2n) is 7.51. The fourth-order valence-corrected chi connectivity index (χ4v) is 4.37. The Kier molecular flexibility index (Phi) is 4.84. The van der Waals surface area contributed by atoms with Gasteiger partial charge in [-0.2, -0.15) is 0 Å². The zero-order valence-electron chi connectivity index (χ0n) is 16.6.